The first-order valence-corrected chi connectivity index (χ1v) is 4.77. The lowest BCUT2D eigenvalue weighted by molar-refractivity contribution is -0.385. The van der Waals surface area contributed by atoms with Crippen molar-refractivity contribution in [2.75, 3.05) is 0 Å². The van der Waals surface area contributed by atoms with E-state index in [0.717, 1.165) is 5.56 Å². The first-order valence-electron chi connectivity index (χ1n) is 4.77. The first-order chi connectivity index (χ1) is 7.06. The Morgan fingerprint density at radius 1 is 1.40 bits per heavy atom. The van der Waals surface area contributed by atoms with Crippen LogP contribution in [0, 0.1) is 17.0 Å². The Balaban J connectivity index is 0.000000583. The summed E-state index contributed by atoms with van der Waals surface area (Å²) in [6, 6.07) is 4.49. The molecule has 0 radical (unpaired) electrons. The molecule has 1 rings (SSSR count). The van der Waals surface area contributed by atoms with Crippen molar-refractivity contribution in [1.82, 2.24) is 0 Å². The molecule has 0 spiro atoms. The van der Waals surface area contributed by atoms with E-state index in [2.05, 4.69) is 13.8 Å². The van der Waals surface area contributed by atoms with E-state index in [1.54, 1.807) is 13.0 Å². The largest absolute Gasteiger partial charge is 0.298 e. The van der Waals surface area contributed by atoms with E-state index in [4.69, 9.17) is 0 Å². The molecule has 82 valence electrons. The second kappa shape index (κ2) is 6.70. The molecule has 0 aliphatic heterocycles. The molecule has 0 saturated carbocycles. The third kappa shape index (κ3) is 4.35. The van der Waals surface area contributed by atoms with E-state index in [9.17, 15) is 14.9 Å². The molecular weight excluding hydrogens is 194 g/mol. The van der Waals surface area contributed by atoms with Crippen LogP contribution in [0.25, 0.3) is 0 Å². The van der Waals surface area contributed by atoms with Gasteiger partial charge in [0, 0.05) is 6.07 Å². The van der Waals surface area contributed by atoms with E-state index < -0.39 is 4.92 Å². The summed E-state index contributed by atoms with van der Waals surface area (Å²) >= 11 is 0. The highest BCUT2D eigenvalue weighted by atomic mass is 16.6. The van der Waals surface area contributed by atoms with Crippen LogP contribution in [0.3, 0.4) is 0 Å². The maximum Gasteiger partial charge on any atom is 0.280 e. The van der Waals surface area contributed by atoms with E-state index in [1.807, 2.05) is 0 Å². The standard InChI is InChI=1S/C8H7NO3.C3H8/c1-6-2-3-7(5-10)8(4-6)9(11)12;1-3-2/h2-5H,1H3;3H2,1-2H3. The first kappa shape index (κ1) is 13.3. The smallest absolute Gasteiger partial charge is 0.280 e. The highest BCUT2D eigenvalue weighted by Crippen LogP contribution is 2.17. The lowest BCUT2D eigenvalue weighted by Crippen LogP contribution is -1.94. The molecule has 15 heavy (non-hydrogen) atoms. The minimum atomic E-state index is -0.559. The monoisotopic (exact) mass is 209 g/mol. The molecule has 0 bridgehead atoms. The zero-order valence-electron chi connectivity index (χ0n) is 9.19. The van der Waals surface area contributed by atoms with Gasteiger partial charge in [-0.3, -0.25) is 14.9 Å². The fourth-order valence-electron chi connectivity index (χ4n) is 0.911. The van der Waals surface area contributed by atoms with Crippen molar-refractivity contribution < 1.29 is 9.72 Å². The Bertz CT molecular complexity index is 348. The minimum Gasteiger partial charge on any atom is -0.298 e. The van der Waals surface area contributed by atoms with Gasteiger partial charge in [0.05, 0.1) is 10.5 Å². The number of aldehydes is 1. The summed E-state index contributed by atoms with van der Waals surface area (Å²) in [5.41, 5.74) is 0.753. The summed E-state index contributed by atoms with van der Waals surface area (Å²) in [4.78, 5) is 20.2. The molecule has 0 aliphatic carbocycles. The Kier molecular flexibility index (Phi) is 5.94. The molecular formula is C11H15NO3. The van der Waals surface area contributed by atoms with Gasteiger partial charge >= 0.3 is 0 Å². The van der Waals surface area contributed by atoms with E-state index in [1.165, 1.54) is 18.6 Å². The fraction of sp³-hybridized carbons (Fsp3) is 0.364. The summed E-state index contributed by atoms with van der Waals surface area (Å²) in [5.74, 6) is 0. The molecule has 0 heterocycles. The number of nitro benzene ring substituents is 1. The number of aryl methyl sites for hydroxylation is 1. The number of carbonyl (C=O) groups excluding carboxylic acids is 1. The quantitative estimate of drug-likeness (QED) is 0.427. The van der Waals surface area contributed by atoms with Gasteiger partial charge in [0.1, 0.15) is 0 Å². The van der Waals surface area contributed by atoms with Gasteiger partial charge in [-0.15, -0.1) is 0 Å². The van der Waals surface area contributed by atoms with Crippen LogP contribution in [0.5, 0.6) is 0 Å². The third-order valence-corrected chi connectivity index (χ3v) is 1.51. The third-order valence-electron chi connectivity index (χ3n) is 1.51. The summed E-state index contributed by atoms with van der Waals surface area (Å²) in [7, 11) is 0. The second-order valence-corrected chi connectivity index (χ2v) is 3.14. The number of carbonyl (C=O) groups is 1. The topological polar surface area (TPSA) is 60.2 Å². The van der Waals surface area contributed by atoms with Crippen molar-refractivity contribution in [2.45, 2.75) is 27.2 Å². The van der Waals surface area contributed by atoms with E-state index in [0.29, 0.717) is 6.29 Å². The minimum absolute atomic E-state index is 0.116. The van der Waals surface area contributed by atoms with Crippen LogP contribution in [0.2, 0.25) is 0 Å². The average Bonchev–Trinajstić information content (AvgIpc) is 2.19. The zero-order valence-corrected chi connectivity index (χ0v) is 9.19. The molecule has 0 N–H and O–H groups in total. The van der Waals surface area contributed by atoms with Gasteiger partial charge in [0.15, 0.2) is 6.29 Å². The number of rotatable bonds is 2. The Labute approximate surface area is 89.1 Å². The van der Waals surface area contributed by atoms with Crippen LogP contribution >= 0.6 is 0 Å². The number of hydrogen-bond acceptors (Lipinski definition) is 3. The van der Waals surface area contributed by atoms with E-state index >= 15 is 0 Å². The second-order valence-electron chi connectivity index (χ2n) is 3.14. The lowest BCUT2D eigenvalue weighted by Gasteiger charge is -1.95. The average molecular weight is 209 g/mol. The summed E-state index contributed by atoms with van der Waals surface area (Å²) < 4.78 is 0. The van der Waals surface area contributed by atoms with Gasteiger partial charge in [0.25, 0.3) is 5.69 Å². The van der Waals surface area contributed by atoms with Crippen molar-refractivity contribution in [1.29, 1.82) is 0 Å². The molecule has 0 unspecified atom stereocenters. The van der Waals surface area contributed by atoms with Crippen LogP contribution in [-0.2, 0) is 0 Å². The number of nitrogens with zero attached hydrogens (tertiary/aromatic N) is 1. The molecule has 4 heteroatoms. The van der Waals surface area contributed by atoms with Crippen molar-refractivity contribution >= 4 is 12.0 Å². The Morgan fingerprint density at radius 3 is 2.33 bits per heavy atom. The van der Waals surface area contributed by atoms with Crippen LogP contribution < -0.4 is 0 Å². The number of hydrogen-bond donors (Lipinski definition) is 0. The van der Waals surface area contributed by atoms with Crippen LogP contribution in [-0.4, -0.2) is 11.2 Å². The predicted octanol–water partition coefficient (Wildman–Crippen LogP) is 3.13. The summed E-state index contributed by atoms with van der Waals surface area (Å²) in [6.45, 7) is 5.99. The molecule has 0 saturated heterocycles. The van der Waals surface area contributed by atoms with Gasteiger partial charge in [-0.05, 0) is 18.6 Å². The SMILES string of the molecule is CCC.Cc1ccc(C=O)c([N+](=O)[O-])c1. The summed E-state index contributed by atoms with van der Waals surface area (Å²) in [5, 5.41) is 10.4. The van der Waals surface area contributed by atoms with Gasteiger partial charge in [-0.25, -0.2) is 0 Å². The Hall–Kier alpha value is -1.71. The molecule has 0 atom stereocenters. The van der Waals surface area contributed by atoms with Crippen molar-refractivity contribution in [3.05, 3.63) is 39.4 Å². The van der Waals surface area contributed by atoms with Crippen LogP contribution in [0.4, 0.5) is 5.69 Å². The molecule has 0 fully saturated rings. The number of nitro groups is 1. The normalized spacial score (nSPS) is 8.73. The lowest BCUT2D eigenvalue weighted by atomic mass is 10.1. The van der Waals surface area contributed by atoms with Crippen molar-refractivity contribution in [3.63, 3.8) is 0 Å². The molecule has 0 amide bonds. The maximum absolute atomic E-state index is 10.4. The maximum atomic E-state index is 10.4. The highest BCUT2D eigenvalue weighted by Gasteiger charge is 2.11. The van der Waals surface area contributed by atoms with E-state index in [-0.39, 0.29) is 11.3 Å². The Morgan fingerprint density at radius 2 is 1.93 bits per heavy atom. The van der Waals surface area contributed by atoms with Crippen LogP contribution in [0.1, 0.15) is 36.2 Å². The highest BCUT2D eigenvalue weighted by molar-refractivity contribution is 5.81. The van der Waals surface area contributed by atoms with Crippen molar-refractivity contribution in [3.8, 4) is 0 Å². The summed E-state index contributed by atoms with van der Waals surface area (Å²) in [6.07, 6.45) is 1.73. The van der Waals surface area contributed by atoms with Crippen molar-refractivity contribution in [2.24, 2.45) is 0 Å². The molecule has 0 aliphatic rings. The molecule has 0 aromatic heterocycles. The van der Waals surface area contributed by atoms with Gasteiger partial charge in [0.2, 0.25) is 0 Å². The predicted molar refractivity (Wildman–Crippen MR) is 59.2 cm³/mol. The molecule has 4 nitrogen and oxygen atoms in total. The van der Waals surface area contributed by atoms with Gasteiger partial charge in [-0.1, -0.05) is 26.3 Å². The molecule has 1 aromatic rings. The van der Waals surface area contributed by atoms with Gasteiger partial charge < -0.3 is 0 Å². The fourth-order valence-corrected chi connectivity index (χ4v) is 0.911. The molecule has 1 aromatic carbocycles. The van der Waals surface area contributed by atoms with Crippen LogP contribution in [0.15, 0.2) is 18.2 Å². The number of benzene rings is 1. The zero-order chi connectivity index (χ0) is 11.8. The van der Waals surface area contributed by atoms with Gasteiger partial charge in [-0.2, -0.15) is 0 Å².